The van der Waals surface area contributed by atoms with Crippen LogP contribution in [0.1, 0.15) is 40.1 Å². The summed E-state index contributed by atoms with van der Waals surface area (Å²) in [6.45, 7) is 1.21. The maximum Gasteiger partial charge on any atom is 0.416 e. The lowest BCUT2D eigenvalue weighted by Crippen LogP contribution is -2.46. The third-order valence-corrected chi connectivity index (χ3v) is 5.62. The number of benzene rings is 3. The molecule has 4 aromatic rings. The second-order valence-corrected chi connectivity index (χ2v) is 8.19. The molecule has 0 saturated heterocycles. The van der Waals surface area contributed by atoms with Crippen molar-refractivity contribution >= 4 is 5.91 Å². The van der Waals surface area contributed by atoms with Crippen molar-refractivity contribution in [3.63, 3.8) is 0 Å². The fourth-order valence-corrected chi connectivity index (χ4v) is 3.65. The predicted octanol–water partition coefficient (Wildman–Crippen LogP) is 4.09. The Hall–Kier alpha value is -4.54. The lowest BCUT2D eigenvalue weighted by atomic mass is 10.1. The summed E-state index contributed by atoms with van der Waals surface area (Å²) in [4.78, 5) is 39.4. The molecule has 0 aliphatic rings. The number of rotatable bonds is 6. The van der Waals surface area contributed by atoms with E-state index in [0.717, 1.165) is 35.9 Å². The third-order valence-electron chi connectivity index (χ3n) is 5.62. The molecule has 4 rings (SSSR count). The molecule has 1 atom stereocenters. The molecule has 7 nitrogen and oxygen atoms in total. The van der Waals surface area contributed by atoms with Gasteiger partial charge in [0.1, 0.15) is 11.5 Å². The summed E-state index contributed by atoms with van der Waals surface area (Å²) in [6.07, 6.45) is -4.57. The van der Waals surface area contributed by atoms with Crippen molar-refractivity contribution in [1.29, 1.82) is 0 Å². The Balaban J connectivity index is 1.80. The average Bonchev–Trinajstić information content (AvgIpc) is 2.87. The van der Waals surface area contributed by atoms with Crippen molar-refractivity contribution in [1.82, 2.24) is 19.7 Å². The molecule has 0 saturated carbocycles. The highest BCUT2D eigenvalue weighted by atomic mass is 19.4. The first-order chi connectivity index (χ1) is 17.6. The third kappa shape index (κ3) is 5.50. The summed E-state index contributed by atoms with van der Waals surface area (Å²) in [5.74, 6) is -1.74. The molecule has 0 aliphatic heterocycles. The Morgan fingerprint density at radius 2 is 1.57 bits per heavy atom. The number of aromatic nitrogens is 3. The maximum absolute atomic E-state index is 14.5. The van der Waals surface area contributed by atoms with Gasteiger partial charge in [0.05, 0.1) is 18.2 Å². The zero-order chi connectivity index (χ0) is 26.7. The van der Waals surface area contributed by atoms with Gasteiger partial charge in [-0.05, 0) is 42.3 Å². The van der Waals surface area contributed by atoms with Gasteiger partial charge in [-0.25, -0.2) is 9.18 Å². The van der Waals surface area contributed by atoms with Crippen LogP contribution in [0, 0.1) is 5.82 Å². The number of para-hydroxylation sites is 1. The normalized spacial score (nSPS) is 12.2. The monoisotopic (exact) mass is 512 g/mol. The largest absolute Gasteiger partial charge is 0.416 e. The molecule has 37 heavy (non-hydrogen) atoms. The van der Waals surface area contributed by atoms with Gasteiger partial charge in [-0.1, -0.05) is 54.6 Å². The zero-order valence-corrected chi connectivity index (χ0v) is 19.4. The first-order valence-electron chi connectivity index (χ1n) is 11.1. The van der Waals surface area contributed by atoms with Gasteiger partial charge in [0.25, 0.3) is 11.5 Å². The van der Waals surface area contributed by atoms with Gasteiger partial charge in [0.2, 0.25) is 5.69 Å². The van der Waals surface area contributed by atoms with Crippen LogP contribution in [-0.4, -0.2) is 20.3 Å². The quantitative estimate of drug-likeness (QED) is 0.395. The molecule has 1 heterocycles. The van der Waals surface area contributed by atoms with Crippen LogP contribution in [0.15, 0.2) is 88.5 Å². The van der Waals surface area contributed by atoms with Gasteiger partial charge < -0.3 is 5.32 Å². The van der Waals surface area contributed by atoms with E-state index >= 15 is 0 Å². The fourth-order valence-electron chi connectivity index (χ4n) is 3.65. The molecule has 0 unspecified atom stereocenters. The van der Waals surface area contributed by atoms with Gasteiger partial charge >= 0.3 is 11.9 Å². The van der Waals surface area contributed by atoms with E-state index in [2.05, 4.69) is 10.4 Å². The molecule has 0 aliphatic carbocycles. The Morgan fingerprint density at radius 3 is 2.19 bits per heavy atom. The first kappa shape index (κ1) is 25.5. The second kappa shape index (κ2) is 10.2. The molecular weight excluding hydrogens is 492 g/mol. The fraction of sp³-hybridized carbons (Fsp3) is 0.154. The minimum absolute atomic E-state index is 0.183. The maximum atomic E-state index is 14.5. The number of hydrogen-bond acceptors (Lipinski definition) is 4. The highest BCUT2D eigenvalue weighted by molar-refractivity contribution is 5.92. The SMILES string of the molecule is C[C@H](NC(=O)c1nn(-c2ccccc2F)c(=O)n(Cc2ccc(C(F)(F)F)cc2)c1=O)c1ccccc1. The molecule has 0 fully saturated rings. The molecule has 0 spiro atoms. The Morgan fingerprint density at radius 1 is 0.946 bits per heavy atom. The van der Waals surface area contributed by atoms with Gasteiger partial charge in [-0.15, -0.1) is 0 Å². The summed E-state index contributed by atoms with van der Waals surface area (Å²) >= 11 is 0. The van der Waals surface area contributed by atoms with Gasteiger partial charge in [-0.2, -0.15) is 23.0 Å². The van der Waals surface area contributed by atoms with Crippen molar-refractivity contribution < 1.29 is 22.4 Å². The average molecular weight is 512 g/mol. The number of nitrogens with zero attached hydrogens (tertiary/aromatic N) is 3. The van der Waals surface area contributed by atoms with Crippen LogP contribution in [0.5, 0.6) is 0 Å². The minimum atomic E-state index is -4.57. The van der Waals surface area contributed by atoms with Gasteiger partial charge in [0.15, 0.2) is 0 Å². The molecule has 3 aromatic carbocycles. The molecule has 11 heteroatoms. The molecule has 190 valence electrons. The highest BCUT2D eigenvalue weighted by Crippen LogP contribution is 2.29. The van der Waals surface area contributed by atoms with E-state index in [1.54, 1.807) is 37.3 Å². The van der Waals surface area contributed by atoms with E-state index < -0.39 is 53.0 Å². The van der Waals surface area contributed by atoms with E-state index in [9.17, 15) is 31.9 Å². The summed E-state index contributed by atoms with van der Waals surface area (Å²) < 4.78 is 54.5. The van der Waals surface area contributed by atoms with Crippen molar-refractivity contribution in [2.45, 2.75) is 25.7 Å². The van der Waals surface area contributed by atoms with Crippen molar-refractivity contribution in [2.24, 2.45) is 0 Å². The van der Waals surface area contributed by atoms with E-state index in [0.29, 0.717) is 9.25 Å². The number of carbonyl (C=O) groups excluding carboxylic acids is 1. The smallest absolute Gasteiger partial charge is 0.344 e. The molecule has 1 amide bonds. The number of alkyl halides is 3. The van der Waals surface area contributed by atoms with Crippen LogP contribution >= 0.6 is 0 Å². The van der Waals surface area contributed by atoms with Crippen LogP contribution in [0.4, 0.5) is 17.6 Å². The predicted molar refractivity (Wildman–Crippen MR) is 127 cm³/mol. The van der Waals surface area contributed by atoms with Crippen molar-refractivity contribution in [3.8, 4) is 5.69 Å². The molecule has 0 bridgehead atoms. The highest BCUT2D eigenvalue weighted by Gasteiger charge is 2.30. The Labute approximate surface area is 207 Å². The number of nitrogens with one attached hydrogen (secondary N) is 1. The standard InChI is InChI=1S/C26H20F4N4O3/c1-16(18-7-3-2-4-8-18)31-23(35)22-24(36)33(15-17-11-13-19(14-12-17)26(28,29)30)25(37)34(32-22)21-10-6-5-9-20(21)27/h2-14,16H,15H2,1H3,(H,31,35)/t16-/m0/s1. The first-order valence-corrected chi connectivity index (χ1v) is 11.1. The lowest BCUT2D eigenvalue weighted by Gasteiger charge is -2.16. The van der Waals surface area contributed by atoms with E-state index in [1.807, 2.05) is 0 Å². The number of amides is 1. The summed E-state index contributed by atoms with van der Waals surface area (Å²) in [5, 5.41) is 6.50. The number of carbonyl (C=O) groups is 1. The molecule has 1 aromatic heterocycles. The van der Waals surface area contributed by atoms with Gasteiger partial charge in [-0.3, -0.25) is 14.2 Å². The van der Waals surface area contributed by atoms with E-state index in [4.69, 9.17) is 0 Å². The number of hydrogen-bond donors (Lipinski definition) is 1. The topological polar surface area (TPSA) is 86.0 Å². The Bertz CT molecular complexity index is 1550. The summed E-state index contributed by atoms with van der Waals surface area (Å²) in [6, 6.07) is 17.3. The van der Waals surface area contributed by atoms with Gasteiger partial charge in [0, 0.05) is 0 Å². The van der Waals surface area contributed by atoms with Crippen LogP contribution < -0.4 is 16.6 Å². The molecular formula is C26H20F4N4O3. The van der Waals surface area contributed by atoms with Crippen LogP contribution in [-0.2, 0) is 12.7 Å². The van der Waals surface area contributed by atoms with E-state index in [-0.39, 0.29) is 11.3 Å². The van der Waals surface area contributed by atoms with Crippen molar-refractivity contribution in [2.75, 3.05) is 0 Å². The number of halogens is 4. The second-order valence-electron chi connectivity index (χ2n) is 8.19. The summed E-state index contributed by atoms with van der Waals surface area (Å²) in [7, 11) is 0. The zero-order valence-electron chi connectivity index (χ0n) is 19.4. The lowest BCUT2D eigenvalue weighted by molar-refractivity contribution is -0.137. The molecule has 0 radical (unpaired) electrons. The van der Waals surface area contributed by atoms with Crippen molar-refractivity contribution in [3.05, 3.63) is 128 Å². The Kier molecular flexibility index (Phi) is 7.05. The van der Waals surface area contributed by atoms with Crippen LogP contribution in [0.25, 0.3) is 5.69 Å². The molecule has 1 N–H and O–H groups in total. The van der Waals surface area contributed by atoms with Crippen LogP contribution in [0.2, 0.25) is 0 Å². The van der Waals surface area contributed by atoms with E-state index in [1.165, 1.54) is 18.2 Å². The summed E-state index contributed by atoms with van der Waals surface area (Å²) in [5.41, 5.74) is -3.11. The minimum Gasteiger partial charge on any atom is -0.344 e. The van der Waals surface area contributed by atoms with Crippen LogP contribution in [0.3, 0.4) is 0 Å².